The normalized spacial score (nSPS) is 13.2. The number of ether oxygens (including phenoxy) is 1. The fourth-order valence-corrected chi connectivity index (χ4v) is 1.51. The minimum absolute atomic E-state index is 0.00558. The van der Waals surface area contributed by atoms with Crippen LogP contribution in [0, 0.1) is 12.7 Å². The number of rotatable bonds is 4. The maximum atomic E-state index is 13.7. The SMILES string of the molecule is CCOC(=O)C(F)(F)[C@H](N)c1cccc(F)c1C. The van der Waals surface area contributed by atoms with E-state index in [0.29, 0.717) is 0 Å². The van der Waals surface area contributed by atoms with Crippen LogP contribution in [0.4, 0.5) is 13.2 Å². The van der Waals surface area contributed by atoms with E-state index in [-0.39, 0.29) is 17.7 Å². The Kier molecular flexibility index (Phi) is 4.34. The van der Waals surface area contributed by atoms with E-state index >= 15 is 0 Å². The lowest BCUT2D eigenvalue weighted by Crippen LogP contribution is -2.42. The van der Waals surface area contributed by atoms with Gasteiger partial charge in [-0.1, -0.05) is 12.1 Å². The summed E-state index contributed by atoms with van der Waals surface area (Å²) >= 11 is 0. The van der Waals surface area contributed by atoms with E-state index in [2.05, 4.69) is 4.74 Å². The van der Waals surface area contributed by atoms with Crippen molar-refractivity contribution in [3.63, 3.8) is 0 Å². The van der Waals surface area contributed by atoms with Crippen molar-refractivity contribution in [3.8, 4) is 0 Å². The Morgan fingerprint density at radius 2 is 2.11 bits per heavy atom. The summed E-state index contributed by atoms with van der Waals surface area (Å²) in [6.45, 7) is 2.56. The van der Waals surface area contributed by atoms with E-state index in [1.54, 1.807) is 0 Å². The molecule has 0 aromatic heterocycles. The summed E-state index contributed by atoms with van der Waals surface area (Å²) in [5.74, 6) is -6.25. The number of carbonyl (C=O) groups is 1. The summed E-state index contributed by atoms with van der Waals surface area (Å²) in [7, 11) is 0. The maximum absolute atomic E-state index is 13.7. The minimum atomic E-state index is -3.89. The van der Waals surface area contributed by atoms with Crippen molar-refractivity contribution in [3.05, 3.63) is 35.1 Å². The smallest absolute Gasteiger partial charge is 0.379 e. The molecule has 1 aromatic carbocycles. The third-order valence-electron chi connectivity index (χ3n) is 2.58. The topological polar surface area (TPSA) is 52.3 Å². The van der Waals surface area contributed by atoms with Gasteiger partial charge in [0.25, 0.3) is 0 Å². The lowest BCUT2D eigenvalue weighted by atomic mass is 9.96. The van der Waals surface area contributed by atoms with Crippen molar-refractivity contribution in [1.29, 1.82) is 0 Å². The highest BCUT2D eigenvalue weighted by Gasteiger charge is 2.48. The van der Waals surface area contributed by atoms with Crippen LogP contribution in [0.3, 0.4) is 0 Å². The summed E-state index contributed by atoms with van der Waals surface area (Å²) < 4.78 is 44.9. The van der Waals surface area contributed by atoms with Crippen LogP contribution < -0.4 is 5.73 Å². The van der Waals surface area contributed by atoms with Gasteiger partial charge in [0.15, 0.2) is 0 Å². The van der Waals surface area contributed by atoms with Crippen LogP contribution >= 0.6 is 0 Å². The predicted molar refractivity (Wildman–Crippen MR) is 59.6 cm³/mol. The van der Waals surface area contributed by atoms with Gasteiger partial charge in [0.2, 0.25) is 0 Å². The first-order chi connectivity index (χ1) is 8.32. The highest BCUT2D eigenvalue weighted by molar-refractivity contribution is 5.79. The van der Waals surface area contributed by atoms with Gasteiger partial charge in [-0.05, 0) is 31.0 Å². The number of halogens is 3. The van der Waals surface area contributed by atoms with Crippen molar-refractivity contribution >= 4 is 5.97 Å². The van der Waals surface area contributed by atoms with Crippen LogP contribution in [-0.2, 0) is 9.53 Å². The first kappa shape index (κ1) is 14.5. The Balaban J connectivity index is 3.09. The first-order valence-corrected chi connectivity index (χ1v) is 5.38. The van der Waals surface area contributed by atoms with E-state index in [0.717, 1.165) is 6.07 Å². The van der Waals surface area contributed by atoms with E-state index in [1.165, 1.54) is 26.0 Å². The second-order valence-corrected chi connectivity index (χ2v) is 3.78. The van der Waals surface area contributed by atoms with Gasteiger partial charge in [-0.25, -0.2) is 9.18 Å². The second kappa shape index (κ2) is 5.39. The second-order valence-electron chi connectivity index (χ2n) is 3.78. The molecular formula is C12H14F3NO2. The zero-order valence-electron chi connectivity index (χ0n) is 10.0. The van der Waals surface area contributed by atoms with Gasteiger partial charge in [0.05, 0.1) is 6.61 Å². The van der Waals surface area contributed by atoms with Crippen molar-refractivity contribution in [2.75, 3.05) is 6.61 Å². The van der Waals surface area contributed by atoms with E-state index in [9.17, 15) is 18.0 Å². The molecule has 6 heteroatoms. The third-order valence-corrected chi connectivity index (χ3v) is 2.58. The molecule has 0 amide bonds. The first-order valence-electron chi connectivity index (χ1n) is 5.38. The molecule has 0 radical (unpaired) electrons. The summed E-state index contributed by atoms with van der Waals surface area (Å²) in [6, 6.07) is 1.72. The van der Waals surface area contributed by atoms with E-state index in [4.69, 9.17) is 5.73 Å². The number of benzene rings is 1. The number of alkyl halides is 2. The Morgan fingerprint density at radius 1 is 1.50 bits per heavy atom. The Labute approximate surface area is 103 Å². The molecule has 0 fully saturated rings. The molecule has 0 aliphatic rings. The standard InChI is InChI=1S/C12H14F3NO2/c1-3-18-11(17)12(14,15)10(16)8-5-4-6-9(13)7(8)2/h4-6,10H,3,16H2,1-2H3/t10-/m1/s1. The van der Waals surface area contributed by atoms with Gasteiger partial charge in [-0.2, -0.15) is 8.78 Å². The van der Waals surface area contributed by atoms with Crippen molar-refractivity contribution in [2.24, 2.45) is 5.73 Å². The minimum Gasteiger partial charge on any atom is -0.462 e. The molecule has 0 bridgehead atoms. The summed E-state index contributed by atoms with van der Waals surface area (Å²) in [5.41, 5.74) is 5.23. The Hall–Kier alpha value is -1.56. The van der Waals surface area contributed by atoms with Crippen LogP contribution in [0.1, 0.15) is 24.1 Å². The molecule has 0 saturated carbocycles. The van der Waals surface area contributed by atoms with Gasteiger partial charge in [-0.15, -0.1) is 0 Å². The average molecular weight is 261 g/mol. The molecule has 0 aliphatic carbocycles. The lowest BCUT2D eigenvalue weighted by molar-refractivity contribution is -0.174. The molecule has 2 N–H and O–H groups in total. The molecule has 0 unspecified atom stereocenters. The van der Waals surface area contributed by atoms with Crippen LogP contribution in [0.25, 0.3) is 0 Å². The average Bonchev–Trinajstić information content (AvgIpc) is 2.32. The Bertz CT molecular complexity index is 449. The van der Waals surface area contributed by atoms with E-state index in [1.807, 2.05) is 0 Å². The fraction of sp³-hybridized carbons (Fsp3) is 0.417. The summed E-state index contributed by atoms with van der Waals surface area (Å²) in [6.07, 6.45) is 0. The highest BCUT2D eigenvalue weighted by Crippen LogP contribution is 2.32. The number of hydrogen-bond acceptors (Lipinski definition) is 3. The zero-order valence-corrected chi connectivity index (χ0v) is 10.0. The van der Waals surface area contributed by atoms with Crippen molar-refractivity contribution < 1.29 is 22.7 Å². The molecule has 0 heterocycles. The highest BCUT2D eigenvalue weighted by atomic mass is 19.3. The third kappa shape index (κ3) is 2.64. The van der Waals surface area contributed by atoms with Crippen LogP contribution in [0.15, 0.2) is 18.2 Å². The zero-order chi connectivity index (χ0) is 13.9. The number of carbonyl (C=O) groups excluding carboxylic acids is 1. The molecular weight excluding hydrogens is 247 g/mol. The van der Waals surface area contributed by atoms with Gasteiger partial charge in [0, 0.05) is 0 Å². The molecule has 0 saturated heterocycles. The van der Waals surface area contributed by atoms with Crippen LogP contribution in [0.2, 0.25) is 0 Å². The number of nitrogens with two attached hydrogens (primary N) is 1. The quantitative estimate of drug-likeness (QED) is 0.846. The number of esters is 1. The molecule has 18 heavy (non-hydrogen) atoms. The van der Waals surface area contributed by atoms with Crippen LogP contribution in [-0.4, -0.2) is 18.5 Å². The van der Waals surface area contributed by atoms with Crippen molar-refractivity contribution in [2.45, 2.75) is 25.8 Å². The van der Waals surface area contributed by atoms with Gasteiger partial charge in [0.1, 0.15) is 11.9 Å². The van der Waals surface area contributed by atoms with Gasteiger partial charge >= 0.3 is 11.9 Å². The van der Waals surface area contributed by atoms with E-state index < -0.39 is 23.8 Å². The molecule has 1 rings (SSSR count). The summed E-state index contributed by atoms with van der Waals surface area (Å²) in [4.78, 5) is 11.1. The van der Waals surface area contributed by atoms with Crippen molar-refractivity contribution in [1.82, 2.24) is 0 Å². The van der Waals surface area contributed by atoms with Gasteiger partial charge < -0.3 is 10.5 Å². The maximum Gasteiger partial charge on any atom is 0.379 e. The summed E-state index contributed by atoms with van der Waals surface area (Å²) in [5, 5.41) is 0. The molecule has 1 aromatic rings. The molecule has 0 aliphatic heterocycles. The molecule has 1 atom stereocenters. The fourth-order valence-electron chi connectivity index (χ4n) is 1.51. The molecule has 3 nitrogen and oxygen atoms in total. The largest absolute Gasteiger partial charge is 0.462 e. The monoisotopic (exact) mass is 261 g/mol. The Morgan fingerprint density at radius 3 is 2.67 bits per heavy atom. The van der Waals surface area contributed by atoms with Crippen LogP contribution in [0.5, 0.6) is 0 Å². The molecule has 0 spiro atoms. The van der Waals surface area contributed by atoms with Gasteiger partial charge in [-0.3, -0.25) is 0 Å². The molecule has 100 valence electrons. The number of hydrogen-bond donors (Lipinski definition) is 1. The lowest BCUT2D eigenvalue weighted by Gasteiger charge is -2.23. The predicted octanol–water partition coefficient (Wildman–Crippen LogP) is 2.33.